The smallest absolute Gasteiger partial charge is 0.321 e. The van der Waals surface area contributed by atoms with Gasteiger partial charge in [-0.05, 0) is 24.0 Å². The zero-order chi connectivity index (χ0) is 14.1. The van der Waals surface area contributed by atoms with E-state index in [1.54, 1.807) is 0 Å². The number of hydrogen-bond donors (Lipinski definition) is 3. The Labute approximate surface area is 114 Å². The fourth-order valence-electron chi connectivity index (χ4n) is 1.59. The summed E-state index contributed by atoms with van der Waals surface area (Å²) >= 11 is 0.997. The summed E-state index contributed by atoms with van der Waals surface area (Å²) in [6, 6.07) is -0.355. The number of carboxylic acids is 1. The van der Waals surface area contributed by atoms with Gasteiger partial charge in [0.05, 0.1) is 0 Å². The van der Waals surface area contributed by atoms with E-state index < -0.39 is 5.97 Å². The summed E-state index contributed by atoms with van der Waals surface area (Å²) in [5.41, 5.74) is 0. The molecule has 106 valence electrons. The molecule has 0 aliphatic carbocycles. The minimum Gasteiger partial charge on any atom is -0.481 e. The number of anilines is 1. The van der Waals surface area contributed by atoms with Crippen LogP contribution in [0.2, 0.25) is 0 Å². The number of nitrogens with zero attached hydrogens (tertiary/aromatic N) is 3. The number of aliphatic carboxylic acids is 1. The molecule has 0 spiro atoms. The number of carbonyl (C=O) groups is 2. The minimum atomic E-state index is -0.784. The van der Waals surface area contributed by atoms with Gasteiger partial charge < -0.3 is 10.4 Å². The number of hydrogen-bond acceptors (Lipinski definition) is 6. The summed E-state index contributed by atoms with van der Waals surface area (Å²) in [6.07, 6.45) is 2.46. The molecular weight excluding hydrogens is 270 g/mol. The molecule has 0 aromatic carbocycles. The van der Waals surface area contributed by atoms with E-state index in [-0.39, 0.29) is 12.5 Å². The summed E-state index contributed by atoms with van der Waals surface area (Å²) in [7, 11) is 0. The number of aromatic nitrogens is 3. The number of carboxylic acid groups (broad SMARTS) is 1. The maximum absolute atomic E-state index is 11.4. The maximum atomic E-state index is 11.4. The van der Waals surface area contributed by atoms with Crippen LogP contribution in [0.5, 0.6) is 0 Å². The van der Waals surface area contributed by atoms with Gasteiger partial charge in [-0.2, -0.15) is 0 Å². The molecule has 9 heteroatoms. The van der Waals surface area contributed by atoms with Crippen molar-refractivity contribution in [1.82, 2.24) is 20.1 Å². The lowest BCUT2D eigenvalue weighted by Crippen LogP contribution is -2.30. The largest absolute Gasteiger partial charge is 0.481 e. The fraction of sp³-hybridized carbons (Fsp3) is 0.700. The summed E-state index contributed by atoms with van der Waals surface area (Å²) < 4.78 is 3.52. The van der Waals surface area contributed by atoms with Gasteiger partial charge in [0.1, 0.15) is 0 Å². The van der Waals surface area contributed by atoms with Crippen molar-refractivity contribution in [1.29, 1.82) is 0 Å². The van der Waals surface area contributed by atoms with Crippen molar-refractivity contribution in [3.05, 3.63) is 0 Å². The van der Waals surface area contributed by atoms with Crippen molar-refractivity contribution < 1.29 is 14.7 Å². The Morgan fingerprint density at radius 2 is 2.21 bits per heavy atom. The van der Waals surface area contributed by atoms with E-state index in [4.69, 9.17) is 5.11 Å². The molecule has 0 bridgehead atoms. The average Bonchev–Trinajstić information content (AvgIpc) is 2.86. The van der Waals surface area contributed by atoms with E-state index in [9.17, 15) is 9.59 Å². The summed E-state index contributed by atoms with van der Waals surface area (Å²) in [4.78, 5) is 21.9. The third-order valence-electron chi connectivity index (χ3n) is 2.70. The lowest BCUT2D eigenvalue weighted by Gasteiger charge is -2.13. The normalized spacial score (nSPS) is 11.8. The molecule has 1 aromatic heterocycles. The van der Waals surface area contributed by atoms with Crippen LogP contribution in [0.4, 0.5) is 9.93 Å². The van der Waals surface area contributed by atoms with E-state index in [0.717, 1.165) is 24.4 Å². The molecule has 1 atom stereocenters. The minimum absolute atomic E-state index is 0.168. The first-order chi connectivity index (χ1) is 9.11. The van der Waals surface area contributed by atoms with Gasteiger partial charge in [-0.15, -0.1) is 0 Å². The quantitative estimate of drug-likeness (QED) is 0.664. The summed E-state index contributed by atoms with van der Waals surface area (Å²) in [6.45, 7) is 2.51. The molecule has 0 radical (unpaired) electrons. The third-order valence-corrected chi connectivity index (χ3v) is 3.21. The highest BCUT2D eigenvalue weighted by atomic mass is 32.1. The number of amides is 2. The number of rotatable bonds is 8. The molecule has 0 saturated heterocycles. The van der Waals surface area contributed by atoms with Crippen molar-refractivity contribution in [3.63, 3.8) is 0 Å². The van der Waals surface area contributed by atoms with Crippen LogP contribution < -0.4 is 10.6 Å². The zero-order valence-electron chi connectivity index (χ0n) is 10.6. The molecule has 1 heterocycles. The molecule has 1 aromatic rings. The lowest BCUT2D eigenvalue weighted by atomic mass is 9.97. The zero-order valence-corrected chi connectivity index (χ0v) is 11.4. The van der Waals surface area contributed by atoms with Gasteiger partial charge >= 0.3 is 12.0 Å². The SMILES string of the molecule is CCC(CCNC(=O)Nc1nnns1)CCC(=O)O. The Hall–Kier alpha value is -1.77. The van der Waals surface area contributed by atoms with Gasteiger partial charge in [0.2, 0.25) is 5.13 Å². The van der Waals surface area contributed by atoms with Gasteiger partial charge in [0.15, 0.2) is 0 Å². The number of nitrogens with one attached hydrogen (secondary N) is 2. The number of carbonyl (C=O) groups excluding carboxylic acids is 1. The van der Waals surface area contributed by atoms with E-state index in [1.807, 2.05) is 6.92 Å². The molecule has 0 aliphatic heterocycles. The molecule has 0 fully saturated rings. The molecule has 8 nitrogen and oxygen atoms in total. The van der Waals surface area contributed by atoms with Crippen LogP contribution in [0.15, 0.2) is 0 Å². The predicted molar refractivity (Wildman–Crippen MR) is 70.0 cm³/mol. The van der Waals surface area contributed by atoms with E-state index in [0.29, 0.717) is 24.0 Å². The van der Waals surface area contributed by atoms with Gasteiger partial charge in [0.25, 0.3) is 0 Å². The highest BCUT2D eigenvalue weighted by Gasteiger charge is 2.10. The molecule has 2 amide bonds. The van der Waals surface area contributed by atoms with E-state index in [1.165, 1.54) is 0 Å². The van der Waals surface area contributed by atoms with Crippen LogP contribution in [0, 0.1) is 5.92 Å². The van der Waals surface area contributed by atoms with E-state index in [2.05, 4.69) is 25.4 Å². The van der Waals surface area contributed by atoms with Crippen molar-refractivity contribution >= 4 is 28.7 Å². The third kappa shape index (κ3) is 6.65. The van der Waals surface area contributed by atoms with Gasteiger partial charge in [-0.25, -0.2) is 4.79 Å². The first-order valence-electron chi connectivity index (χ1n) is 6.03. The second-order valence-corrected chi connectivity index (χ2v) is 4.78. The number of urea groups is 1. The maximum Gasteiger partial charge on any atom is 0.321 e. The molecule has 19 heavy (non-hydrogen) atoms. The van der Waals surface area contributed by atoms with Gasteiger partial charge in [-0.1, -0.05) is 22.9 Å². The van der Waals surface area contributed by atoms with Crippen molar-refractivity contribution in [2.24, 2.45) is 5.92 Å². The Morgan fingerprint density at radius 3 is 2.79 bits per heavy atom. The van der Waals surface area contributed by atoms with Crippen molar-refractivity contribution in [2.75, 3.05) is 11.9 Å². The Kier molecular flexibility index (Phi) is 6.72. The average molecular weight is 287 g/mol. The summed E-state index contributed by atoms with van der Waals surface area (Å²) in [5, 5.41) is 21.1. The molecule has 1 unspecified atom stereocenters. The molecule has 0 saturated carbocycles. The Balaban J connectivity index is 2.17. The van der Waals surface area contributed by atoms with Crippen LogP contribution >= 0.6 is 11.5 Å². The summed E-state index contributed by atoms with van der Waals surface area (Å²) in [5.74, 6) is -0.479. The van der Waals surface area contributed by atoms with Crippen LogP contribution in [-0.4, -0.2) is 38.5 Å². The monoisotopic (exact) mass is 287 g/mol. The molecule has 3 N–H and O–H groups in total. The molecule has 1 rings (SSSR count). The predicted octanol–water partition coefficient (Wildman–Crippen LogP) is 1.34. The van der Waals surface area contributed by atoms with Crippen LogP contribution in [0.3, 0.4) is 0 Å². The topological polar surface area (TPSA) is 117 Å². The second-order valence-electron chi connectivity index (χ2n) is 4.04. The fourth-order valence-corrected chi connectivity index (χ4v) is 1.95. The van der Waals surface area contributed by atoms with E-state index >= 15 is 0 Å². The van der Waals surface area contributed by atoms with Gasteiger partial charge in [-0.3, -0.25) is 10.1 Å². The highest BCUT2D eigenvalue weighted by molar-refractivity contribution is 7.09. The van der Waals surface area contributed by atoms with Crippen LogP contribution in [0.1, 0.15) is 32.6 Å². The Morgan fingerprint density at radius 1 is 1.42 bits per heavy atom. The standard InChI is InChI=1S/C10H17N5O3S/c1-2-7(3-4-8(16)17)5-6-11-9(18)12-10-13-14-15-19-10/h7H,2-6H2,1H3,(H,16,17)(H2,11,12,13,15,18). The van der Waals surface area contributed by atoms with Crippen LogP contribution in [-0.2, 0) is 4.79 Å². The van der Waals surface area contributed by atoms with Crippen molar-refractivity contribution in [3.8, 4) is 0 Å². The van der Waals surface area contributed by atoms with Gasteiger partial charge in [0, 0.05) is 24.5 Å². The van der Waals surface area contributed by atoms with Crippen LogP contribution in [0.25, 0.3) is 0 Å². The first kappa shape index (κ1) is 15.3. The first-order valence-corrected chi connectivity index (χ1v) is 6.80. The Bertz CT molecular complexity index is 398. The second kappa shape index (κ2) is 8.35. The van der Waals surface area contributed by atoms with Crippen molar-refractivity contribution in [2.45, 2.75) is 32.6 Å². The lowest BCUT2D eigenvalue weighted by molar-refractivity contribution is -0.137. The highest BCUT2D eigenvalue weighted by Crippen LogP contribution is 2.14. The molecule has 0 aliphatic rings. The molecular formula is C10H17N5O3S.